The third-order valence-electron chi connectivity index (χ3n) is 4.82. The summed E-state index contributed by atoms with van der Waals surface area (Å²) in [5.41, 5.74) is 0.956. The van der Waals surface area contributed by atoms with Gasteiger partial charge in [-0.15, -0.1) is 0 Å². The summed E-state index contributed by atoms with van der Waals surface area (Å²) in [6.45, 7) is 6.53. The molecule has 1 aliphatic rings. The largest absolute Gasteiger partial charge is 0.353 e. The maximum Gasteiger partial charge on any atom is 0.241 e. The predicted molar refractivity (Wildman–Crippen MR) is 95.6 cm³/mol. The van der Waals surface area contributed by atoms with Gasteiger partial charge in [0.05, 0.1) is 6.54 Å². The zero-order chi connectivity index (χ0) is 17.6. The number of amides is 1. The van der Waals surface area contributed by atoms with Crippen molar-refractivity contribution >= 4 is 5.91 Å². The first-order valence-electron chi connectivity index (χ1n) is 9.06. The number of rotatable bonds is 6. The van der Waals surface area contributed by atoms with Gasteiger partial charge in [0, 0.05) is 17.5 Å². The predicted octanol–water partition coefficient (Wildman–Crippen LogP) is 2.86. The van der Waals surface area contributed by atoms with Gasteiger partial charge < -0.3 is 9.84 Å². The molecular weight excluding hydrogens is 316 g/mol. The van der Waals surface area contributed by atoms with Gasteiger partial charge in [-0.1, -0.05) is 42.4 Å². The van der Waals surface area contributed by atoms with E-state index >= 15 is 0 Å². The normalized spacial score (nSPS) is 17.4. The van der Waals surface area contributed by atoms with Gasteiger partial charge in [0.2, 0.25) is 17.6 Å². The highest BCUT2D eigenvalue weighted by Crippen LogP contribution is 2.20. The number of hydrogen-bond donors (Lipinski definition) is 1. The minimum Gasteiger partial charge on any atom is -0.353 e. The van der Waals surface area contributed by atoms with Gasteiger partial charge in [0.15, 0.2) is 0 Å². The first-order valence-corrected chi connectivity index (χ1v) is 9.06. The highest BCUT2D eigenvalue weighted by molar-refractivity contribution is 5.79. The second kappa shape index (κ2) is 8.25. The average Bonchev–Trinajstić information content (AvgIpc) is 3.11. The van der Waals surface area contributed by atoms with Gasteiger partial charge in [0.25, 0.3) is 0 Å². The van der Waals surface area contributed by atoms with Crippen molar-refractivity contribution in [1.82, 2.24) is 20.4 Å². The summed E-state index contributed by atoms with van der Waals surface area (Å²) in [6.07, 6.45) is 2.72. The zero-order valence-corrected chi connectivity index (χ0v) is 14.9. The van der Waals surface area contributed by atoms with Crippen LogP contribution in [0.5, 0.6) is 0 Å². The Labute approximate surface area is 148 Å². The van der Waals surface area contributed by atoms with Crippen molar-refractivity contribution in [3.63, 3.8) is 0 Å². The van der Waals surface area contributed by atoms with Crippen LogP contribution in [0.4, 0.5) is 0 Å². The number of piperidine rings is 1. The van der Waals surface area contributed by atoms with Crippen LogP contribution >= 0.6 is 0 Å². The van der Waals surface area contributed by atoms with Crippen LogP contribution in [0.25, 0.3) is 11.4 Å². The van der Waals surface area contributed by atoms with Crippen LogP contribution in [-0.2, 0) is 11.3 Å². The molecule has 0 spiro atoms. The molecule has 0 unspecified atom stereocenters. The molecule has 2 aromatic rings. The molecule has 1 aliphatic heterocycles. The van der Waals surface area contributed by atoms with Crippen LogP contribution in [-0.4, -0.2) is 40.1 Å². The minimum absolute atomic E-state index is 0.118. The summed E-state index contributed by atoms with van der Waals surface area (Å²) in [4.78, 5) is 19.0. The molecule has 25 heavy (non-hydrogen) atoms. The fraction of sp³-hybridized carbons (Fsp3) is 0.526. The topological polar surface area (TPSA) is 71.3 Å². The van der Waals surface area contributed by atoms with Gasteiger partial charge in [-0.25, -0.2) is 0 Å². The standard InChI is InChI=1S/C19H26N4O2/c1-3-14(2)20-19(24)16-9-11-23(12-10-16)13-17-21-18(22-25-17)15-7-5-4-6-8-15/h4-8,14,16H,3,9-13H2,1-2H3,(H,20,24)/t14-/m0/s1. The van der Waals surface area contributed by atoms with E-state index in [2.05, 4.69) is 27.3 Å². The molecule has 6 heteroatoms. The fourth-order valence-electron chi connectivity index (χ4n) is 3.03. The van der Waals surface area contributed by atoms with E-state index in [0.717, 1.165) is 37.9 Å². The molecule has 1 atom stereocenters. The summed E-state index contributed by atoms with van der Waals surface area (Å²) in [5, 5.41) is 7.15. The molecule has 1 aromatic carbocycles. The van der Waals surface area contributed by atoms with Crippen LogP contribution in [0.1, 0.15) is 39.0 Å². The van der Waals surface area contributed by atoms with Gasteiger partial charge >= 0.3 is 0 Å². The second-order valence-electron chi connectivity index (χ2n) is 6.75. The lowest BCUT2D eigenvalue weighted by molar-refractivity contribution is -0.127. The third-order valence-corrected chi connectivity index (χ3v) is 4.82. The van der Waals surface area contributed by atoms with Crippen molar-refractivity contribution < 1.29 is 9.32 Å². The summed E-state index contributed by atoms with van der Waals surface area (Å²) < 4.78 is 5.38. The lowest BCUT2D eigenvalue weighted by Crippen LogP contribution is -2.42. The van der Waals surface area contributed by atoms with Crippen LogP contribution < -0.4 is 5.32 Å². The van der Waals surface area contributed by atoms with E-state index in [1.807, 2.05) is 37.3 Å². The Morgan fingerprint density at radius 2 is 2.04 bits per heavy atom. The summed E-state index contributed by atoms with van der Waals surface area (Å²) >= 11 is 0. The van der Waals surface area contributed by atoms with Gasteiger partial charge in [-0.2, -0.15) is 4.98 Å². The number of benzene rings is 1. The first kappa shape index (κ1) is 17.6. The molecular formula is C19H26N4O2. The van der Waals surface area contributed by atoms with Crippen LogP contribution in [0.3, 0.4) is 0 Å². The Morgan fingerprint density at radius 1 is 1.32 bits per heavy atom. The molecule has 2 heterocycles. The molecule has 0 radical (unpaired) electrons. The number of hydrogen-bond acceptors (Lipinski definition) is 5. The Hall–Kier alpha value is -2.21. The number of nitrogens with zero attached hydrogens (tertiary/aromatic N) is 3. The van der Waals surface area contributed by atoms with E-state index in [9.17, 15) is 4.79 Å². The maximum absolute atomic E-state index is 12.2. The van der Waals surface area contributed by atoms with E-state index in [0.29, 0.717) is 18.3 Å². The van der Waals surface area contributed by atoms with Gasteiger partial charge in [0.1, 0.15) is 0 Å². The summed E-state index contributed by atoms with van der Waals surface area (Å²) in [7, 11) is 0. The lowest BCUT2D eigenvalue weighted by atomic mass is 9.95. The number of carbonyl (C=O) groups excluding carboxylic acids is 1. The number of nitrogens with one attached hydrogen (secondary N) is 1. The van der Waals surface area contributed by atoms with E-state index < -0.39 is 0 Å². The first-order chi connectivity index (χ1) is 12.2. The molecule has 0 saturated carbocycles. The number of carbonyl (C=O) groups is 1. The van der Waals surface area contributed by atoms with E-state index in [1.54, 1.807) is 0 Å². The van der Waals surface area contributed by atoms with E-state index in [4.69, 9.17) is 4.52 Å². The SMILES string of the molecule is CC[C@H](C)NC(=O)C1CCN(Cc2nc(-c3ccccc3)no2)CC1. The van der Waals surface area contributed by atoms with E-state index in [-0.39, 0.29) is 17.9 Å². The van der Waals surface area contributed by atoms with Gasteiger partial charge in [-0.05, 0) is 39.3 Å². The molecule has 1 amide bonds. The number of aromatic nitrogens is 2. The number of likely N-dealkylation sites (tertiary alicyclic amines) is 1. The summed E-state index contributed by atoms with van der Waals surface area (Å²) in [5.74, 6) is 1.56. The van der Waals surface area contributed by atoms with Crippen molar-refractivity contribution in [3.05, 3.63) is 36.2 Å². The smallest absolute Gasteiger partial charge is 0.241 e. The molecule has 3 rings (SSSR count). The second-order valence-corrected chi connectivity index (χ2v) is 6.75. The van der Waals surface area contributed by atoms with Crippen LogP contribution in [0.15, 0.2) is 34.9 Å². The Kier molecular flexibility index (Phi) is 5.81. The summed E-state index contributed by atoms with van der Waals surface area (Å²) in [6, 6.07) is 10.1. The van der Waals surface area contributed by atoms with E-state index in [1.165, 1.54) is 0 Å². The monoisotopic (exact) mass is 342 g/mol. The average molecular weight is 342 g/mol. The third kappa shape index (κ3) is 4.66. The molecule has 0 bridgehead atoms. The lowest BCUT2D eigenvalue weighted by Gasteiger charge is -2.30. The quantitative estimate of drug-likeness (QED) is 0.874. The molecule has 1 aromatic heterocycles. The Morgan fingerprint density at radius 3 is 2.72 bits per heavy atom. The molecule has 134 valence electrons. The van der Waals surface area contributed by atoms with Crippen LogP contribution in [0, 0.1) is 5.92 Å². The Balaban J connectivity index is 1.50. The maximum atomic E-state index is 12.2. The minimum atomic E-state index is 0.118. The van der Waals surface area contributed by atoms with Crippen LogP contribution in [0.2, 0.25) is 0 Å². The molecule has 0 aliphatic carbocycles. The Bertz CT molecular complexity index is 678. The van der Waals surface area contributed by atoms with Crippen molar-refractivity contribution in [1.29, 1.82) is 0 Å². The van der Waals surface area contributed by atoms with Crippen molar-refractivity contribution in [3.8, 4) is 11.4 Å². The molecule has 1 N–H and O–H groups in total. The van der Waals surface area contributed by atoms with Crippen molar-refractivity contribution in [2.45, 2.75) is 45.7 Å². The highest BCUT2D eigenvalue weighted by Gasteiger charge is 2.26. The van der Waals surface area contributed by atoms with Crippen molar-refractivity contribution in [2.24, 2.45) is 5.92 Å². The highest BCUT2D eigenvalue weighted by atomic mass is 16.5. The van der Waals surface area contributed by atoms with Gasteiger partial charge in [-0.3, -0.25) is 9.69 Å². The van der Waals surface area contributed by atoms with Crippen molar-refractivity contribution in [2.75, 3.05) is 13.1 Å². The molecule has 1 saturated heterocycles. The molecule has 1 fully saturated rings. The zero-order valence-electron chi connectivity index (χ0n) is 14.9. The molecule has 6 nitrogen and oxygen atoms in total. The fourth-order valence-corrected chi connectivity index (χ4v) is 3.03.